The van der Waals surface area contributed by atoms with Crippen LogP contribution in [-0.2, 0) is 4.74 Å². The van der Waals surface area contributed by atoms with Gasteiger partial charge in [0.2, 0.25) is 0 Å². The quantitative estimate of drug-likeness (QED) is 0.686. The lowest BCUT2D eigenvalue weighted by molar-refractivity contribution is -0.142. The van der Waals surface area contributed by atoms with E-state index in [0.29, 0.717) is 13.0 Å². The predicted molar refractivity (Wildman–Crippen MR) is 50.3 cm³/mol. The first-order valence-electron chi connectivity index (χ1n) is 4.58. The second-order valence-electron chi connectivity index (χ2n) is 4.21. The molecule has 1 saturated heterocycles. The molecule has 1 atom stereocenters. The molecule has 0 aromatic heterocycles. The zero-order chi connectivity index (χ0) is 11.0. The van der Waals surface area contributed by atoms with Crippen LogP contribution in [-0.4, -0.2) is 52.6 Å². The number of hydrogen-bond donors (Lipinski definition) is 2. The van der Waals surface area contributed by atoms with Crippen LogP contribution in [0.2, 0.25) is 0 Å². The number of methoxy groups -OCH3 is 1. The van der Waals surface area contributed by atoms with Gasteiger partial charge in [0, 0.05) is 13.7 Å². The maximum absolute atomic E-state index is 10.7. The van der Waals surface area contributed by atoms with E-state index in [1.54, 1.807) is 13.8 Å². The molecule has 0 bridgehead atoms. The fourth-order valence-electron chi connectivity index (χ4n) is 1.86. The van der Waals surface area contributed by atoms with Crippen molar-refractivity contribution in [1.29, 1.82) is 0 Å². The summed E-state index contributed by atoms with van der Waals surface area (Å²) in [4.78, 5) is 12.0. The summed E-state index contributed by atoms with van der Waals surface area (Å²) < 4.78 is 5.29. The Labute approximate surface area is 83.3 Å². The molecule has 1 amide bonds. The van der Waals surface area contributed by atoms with E-state index in [9.17, 15) is 9.90 Å². The third-order valence-corrected chi connectivity index (χ3v) is 3.01. The Morgan fingerprint density at radius 2 is 2.14 bits per heavy atom. The number of aliphatic hydroxyl groups is 1. The number of ether oxygens (including phenoxy) is 1. The Balaban J connectivity index is 2.82. The van der Waals surface area contributed by atoms with Gasteiger partial charge in [-0.3, -0.25) is 0 Å². The molecule has 0 unspecified atom stereocenters. The maximum Gasteiger partial charge on any atom is 0.407 e. The van der Waals surface area contributed by atoms with Crippen LogP contribution in [0.4, 0.5) is 4.79 Å². The molecule has 1 fully saturated rings. The minimum absolute atomic E-state index is 0.225. The molecule has 82 valence electrons. The maximum atomic E-state index is 10.7. The molecule has 0 saturated carbocycles. The van der Waals surface area contributed by atoms with Crippen LogP contribution in [0.3, 0.4) is 0 Å². The summed E-state index contributed by atoms with van der Waals surface area (Å²) >= 11 is 0. The Hall–Kier alpha value is -0.810. The number of carbonyl (C=O) groups is 1. The molecular weight excluding hydrogens is 186 g/mol. The van der Waals surface area contributed by atoms with Crippen molar-refractivity contribution in [2.45, 2.75) is 31.5 Å². The van der Waals surface area contributed by atoms with Crippen LogP contribution in [0.15, 0.2) is 0 Å². The standard InChI is InChI=1S/C9H17NO4/c1-8(2,13)9(14-3)4-5-10(6-9)7(11)12/h13H,4-6H2,1-3H3,(H,11,12)/t9-/m0/s1. The highest BCUT2D eigenvalue weighted by Crippen LogP contribution is 2.34. The van der Waals surface area contributed by atoms with Gasteiger partial charge in [-0.1, -0.05) is 0 Å². The topological polar surface area (TPSA) is 70.0 Å². The van der Waals surface area contributed by atoms with Crippen LogP contribution >= 0.6 is 0 Å². The van der Waals surface area contributed by atoms with Crippen molar-refractivity contribution < 1.29 is 19.7 Å². The van der Waals surface area contributed by atoms with Gasteiger partial charge in [-0.15, -0.1) is 0 Å². The summed E-state index contributed by atoms with van der Waals surface area (Å²) in [6.45, 7) is 3.92. The molecular formula is C9H17NO4. The third kappa shape index (κ3) is 1.69. The van der Waals surface area contributed by atoms with E-state index in [0.717, 1.165) is 0 Å². The van der Waals surface area contributed by atoms with Crippen molar-refractivity contribution in [2.75, 3.05) is 20.2 Å². The van der Waals surface area contributed by atoms with Crippen LogP contribution in [0, 0.1) is 0 Å². The molecule has 0 radical (unpaired) electrons. The van der Waals surface area contributed by atoms with Gasteiger partial charge in [-0.05, 0) is 20.3 Å². The van der Waals surface area contributed by atoms with E-state index >= 15 is 0 Å². The molecule has 1 rings (SSSR count). The summed E-state index contributed by atoms with van der Waals surface area (Å²) in [5.74, 6) is 0. The van der Waals surface area contributed by atoms with Crippen LogP contribution in [0.25, 0.3) is 0 Å². The van der Waals surface area contributed by atoms with Gasteiger partial charge in [-0.2, -0.15) is 0 Å². The Morgan fingerprint density at radius 3 is 2.36 bits per heavy atom. The van der Waals surface area contributed by atoms with E-state index < -0.39 is 17.3 Å². The van der Waals surface area contributed by atoms with Gasteiger partial charge in [-0.25, -0.2) is 4.79 Å². The van der Waals surface area contributed by atoms with Crippen molar-refractivity contribution in [3.05, 3.63) is 0 Å². The van der Waals surface area contributed by atoms with Crippen molar-refractivity contribution >= 4 is 6.09 Å². The summed E-state index contributed by atoms with van der Waals surface area (Å²) in [5, 5.41) is 18.7. The summed E-state index contributed by atoms with van der Waals surface area (Å²) in [7, 11) is 1.50. The van der Waals surface area contributed by atoms with E-state index in [1.807, 2.05) is 0 Å². The van der Waals surface area contributed by atoms with Gasteiger partial charge in [0.05, 0.1) is 12.1 Å². The zero-order valence-corrected chi connectivity index (χ0v) is 8.78. The number of likely N-dealkylation sites (tertiary alicyclic amines) is 1. The Morgan fingerprint density at radius 1 is 1.57 bits per heavy atom. The van der Waals surface area contributed by atoms with E-state index in [4.69, 9.17) is 9.84 Å². The highest BCUT2D eigenvalue weighted by Gasteiger charge is 2.50. The average Bonchev–Trinajstić information content (AvgIpc) is 2.47. The number of carboxylic acid groups (broad SMARTS) is 1. The van der Waals surface area contributed by atoms with Gasteiger partial charge in [0.25, 0.3) is 0 Å². The molecule has 14 heavy (non-hydrogen) atoms. The fourth-order valence-corrected chi connectivity index (χ4v) is 1.86. The number of hydrogen-bond acceptors (Lipinski definition) is 3. The lowest BCUT2D eigenvalue weighted by atomic mass is 9.85. The highest BCUT2D eigenvalue weighted by molar-refractivity contribution is 5.65. The molecule has 1 heterocycles. The molecule has 5 heteroatoms. The van der Waals surface area contributed by atoms with Crippen molar-refractivity contribution in [3.63, 3.8) is 0 Å². The number of amides is 1. The third-order valence-electron chi connectivity index (χ3n) is 3.01. The normalized spacial score (nSPS) is 28.1. The van der Waals surface area contributed by atoms with Crippen molar-refractivity contribution in [2.24, 2.45) is 0 Å². The lowest BCUT2D eigenvalue weighted by Crippen LogP contribution is -2.53. The SMILES string of the molecule is CO[C@@]1(C(C)(C)O)CCN(C(=O)O)C1. The predicted octanol–water partition coefficient (Wildman–Crippen LogP) is 0.526. The van der Waals surface area contributed by atoms with Gasteiger partial charge in [0.1, 0.15) is 5.60 Å². The van der Waals surface area contributed by atoms with Gasteiger partial charge in [0.15, 0.2) is 0 Å². The number of rotatable bonds is 2. The van der Waals surface area contributed by atoms with Crippen molar-refractivity contribution in [1.82, 2.24) is 4.90 Å². The second kappa shape index (κ2) is 3.40. The molecule has 1 aliphatic heterocycles. The molecule has 2 N–H and O–H groups in total. The first kappa shape index (κ1) is 11.3. The first-order valence-corrected chi connectivity index (χ1v) is 4.58. The first-order chi connectivity index (χ1) is 6.32. The molecule has 0 aromatic carbocycles. The van der Waals surface area contributed by atoms with E-state index in [1.165, 1.54) is 12.0 Å². The fraction of sp³-hybridized carbons (Fsp3) is 0.889. The number of nitrogens with zero attached hydrogens (tertiary/aromatic N) is 1. The van der Waals surface area contributed by atoms with Crippen LogP contribution in [0.5, 0.6) is 0 Å². The highest BCUT2D eigenvalue weighted by atomic mass is 16.5. The second-order valence-corrected chi connectivity index (χ2v) is 4.21. The molecule has 0 aromatic rings. The average molecular weight is 203 g/mol. The minimum atomic E-state index is -1.04. The van der Waals surface area contributed by atoms with Crippen molar-refractivity contribution in [3.8, 4) is 0 Å². The summed E-state index contributed by atoms with van der Waals surface area (Å²) in [5.41, 5.74) is -1.81. The Kier molecular flexibility index (Phi) is 2.74. The van der Waals surface area contributed by atoms with E-state index in [-0.39, 0.29) is 6.54 Å². The lowest BCUT2D eigenvalue weighted by Gasteiger charge is -2.38. The summed E-state index contributed by atoms with van der Waals surface area (Å²) in [6, 6.07) is 0. The Bertz CT molecular complexity index is 235. The summed E-state index contributed by atoms with van der Waals surface area (Å²) in [6.07, 6.45) is -0.438. The largest absolute Gasteiger partial charge is 0.465 e. The zero-order valence-electron chi connectivity index (χ0n) is 8.78. The molecule has 0 spiro atoms. The minimum Gasteiger partial charge on any atom is -0.465 e. The monoisotopic (exact) mass is 203 g/mol. The van der Waals surface area contributed by atoms with E-state index in [2.05, 4.69) is 0 Å². The van der Waals surface area contributed by atoms with Crippen LogP contribution < -0.4 is 0 Å². The molecule has 1 aliphatic rings. The molecule has 0 aliphatic carbocycles. The van der Waals surface area contributed by atoms with Crippen LogP contribution in [0.1, 0.15) is 20.3 Å². The molecule has 5 nitrogen and oxygen atoms in total. The van der Waals surface area contributed by atoms with Gasteiger partial charge < -0.3 is 19.8 Å². The van der Waals surface area contributed by atoms with Gasteiger partial charge >= 0.3 is 6.09 Å². The smallest absolute Gasteiger partial charge is 0.407 e.